The van der Waals surface area contributed by atoms with Gasteiger partial charge in [0.25, 0.3) is 5.69 Å². The van der Waals surface area contributed by atoms with Crippen LogP contribution in [0.25, 0.3) is 0 Å². The summed E-state index contributed by atoms with van der Waals surface area (Å²) in [5.41, 5.74) is 1.07. The van der Waals surface area contributed by atoms with Gasteiger partial charge < -0.3 is 0 Å². The molecule has 1 aliphatic heterocycles. The van der Waals surface area contributed by atoms with Crippen molar-refractivity contribution in [2.45, 2.75) is 6.54 Å². The van der Waals surface area contributed by atoms with Crippen LogP contribution in [0.3, 0.4) is 0 Å². The molecule has 0 bridgehead atoms. The molecule has 0 aromatic heterocycles. The number of quaternary nitrogens is 1. The first-order valence-electron chi connectivity index (χ1n) is 5.40. The monoisotopic (exact) mass is 242 g/mol. The average Bonchev–Trinajstić information content (AvgIpc) is 2.79. The van der Waals surface area contributed by atoms with Crippen LogP contribution in [0.15, 0.2) is 41.7 Å². The normalized spacial score (nSPS) is 20.8. The Morgan fingerprint density at radius 2 is 2.11 bits per heavy atom. The lowest BCUT2D eigenvalue weighted by Crippen LogP contribution is -2.39. The quantitative estimate of drug-likeness (QED) is 0.351. The number of benzene rings is 1. The third-order valence-electron chi connectivity index (χ3n) is 2.76. The molecule has 1 unspecified atom stereocenters. The predicted octanol–water partition coefficient (Wildman–Crippen LogP) is 2.06. The van der Waals surface area contributed by atoms with Crippen LogP contribution in [-0.2, 0) is 6.54 Å². The zero-order valence-corrected chi connectivity index (χ0v) is 9.69. The number of hydrogen-bond acceptors (Lipinski definition) is 3. The minimum atomic E-state index is -0.410. The van der Waals surface area contributed by atoms with Crippen molar-refractivity contribution in [1.29, 1.82) is 0 Å². The molecule has 1 aromatic rings. The zero-order chi connectivity index (χ0) is 13.0. The highest BCUT2D eigenvalue weighted by Gasteiger charge is 2.25. The molecule has 0 saturated carbocycles. The van der Waals surface area contributed by atoms with E-state index in [9.17, 15) is 10.1 Å². The van der Waals surface area contributed by atoms with E-state index >= 15 is 0 Å². The Kier molecular flexibility index (Phi) is 3.22. The molecule has 5 heteroatoms. The molecule has 1 aliphatic rings. The van der Waals surface area contributed by atoms with E-state index in [2.05, 4.69) is 10.9 Å². The molecule has 1 atom stereocenters. The van der Waals surface area contributed by atoms with Crippen LogP contribution in [0, 0.1) is 22.5 Å². The summed E-state index contributed by atoms with van der Waals surface area (Å²) in [5.74, 6) is 2.62. The highest BCUT2D eigenvalue weighted by Crippen LogP contribution is 2.19. The lowest BCUT2D eigenvalue weighted by Gasteiger charge is -2.24. The van der Waals surface area contributed by atoms with E-state index in [4.69, 9.17) is 6.42 Å². The van der Waals surface area contributed by atoms with Crippen LogP contribution in [0.2, 0.25) is 0 Å². The summed E-state index contributed by atoms with van der Waals surface area (Å²) < 4.78 is 0.453. The van der Waals surface area contributed by atoms with Gasteiger partial charge in [-0.3, -0.25) is 10.1 Å². The van der Waals surface area contributed by atoms with Crippen LogP contribution >= 0.6 is 0 Å². The first kappa shape index (κ1) is 12.0. The Balaban J connectivity index is 2.18. The molecule has 0 radical (unpaired) electrons. The van der Waals surface area contributed by atoms with Crippen LogP contribution < -0.4 is 0 Å². The fourth-order valence-electron chi connectivity index (χ4n) is 1.86. The van der Waals surface area contributed by atoms with E-state index in [1.807, 2.05) is 6.20 Å². The Labute approximate surface area is 105 Å². The highest BCUT2D eigenvalue weighted by molar-refractivity contribution is 5.51. The molecule has 0 spiro atoms. The molecule has 5 nitrogen and oxygen atoms in total. The van der Waals surface area contributed by atoms with Gasteiger partial charge in [0.15, 0.2) is 12.9 Å². The maximum atomic E-state index is 10.6. The molecule has 0 N–H and O–H groups in total. The number of nitro groups is 1. The van der Waals surface area contributed by atoms with Crippen molar-refractivity contribution in [1.82, 2.24) is 0 Å². The number of terminal acetylenes is 1. The van der Waals surface area contributed by atoms with E-state index in [1.54, 1.807) is 24.7 Å². The van der Waals surface area contributed by atoms with Crippen LogP contribution in [0.5, 0.6) is 0 Å². The molecule has 1 aromatic carbocycles. The molecule has 1 heterocycles. The van der Waals surface area contributed by atoms with Crippen molar-refractivity contribution in [3.05, 3.63) is 52.3 Å². The van der Waals surface area contributed by atoms with Crippen molar-refractivity contribution in [2.75, 3.05) is 6.54 Å². The molecule has 2 rings (SSSR count). The molecule has 0 fully saturated rings. The number of nitrogens with zero attached hydrogens (tertiary/aromatic N) is 3. The number of non-ortho nitro benzene ring substituents is 1. The summed E-state index contributed by atoms with van der Waals surface area (Å²) in [6.45, 7) is 1.15. The lowest BCUT2D eigenvalue weighted by molar-refractivity contribution is -0.785. The van der Waals surface area contributed by atoms with Crippen LogP contribution in [-0.4, -0.2) is 22.3 Å². The second-order valence-electron chi connectivity index (χ2n) is 4.11. The average molecular weight is 242 g/mol. The van der Waals surface area contributed by atoms with Gasteiger partial charge >= 0.3 is 0 Å². The molecular weight excluding hydrogens is 230 g/mol. The zero-order valence-electron chi connectivity index (χ0n) is 9.69. The molecule has 0 amide bonds. The summed E-state index contributed by atoms with van der Waals surface area (Å²) in [5, 5.41) is 10.6. The smallest absolute Gasteiger partial charge is 0.258 e. The Bertz CT molecular complexity index is 541. The molecular formula is C13H12N3O2+. The SMILES string of the molecule is C#CC[N+]1(Cc2ccc([N+](=O)[O-])cc2)C=CN=C1. The van der Waals surface area contributed by atoms with Gasteiger partial charge in [0, 0.05) is 17.7 Å². The minimum Gasteiger partial charge on any atom is -0.258 e. The Morgan fingerprint density at radius 1 is 1.39 bits per heavy atom. The van der Waals surface area contributed by atoms with Crippen molar-refractivity contribution in [2.24, 2.45) is 4.99 Å². The van der Waals surface area contributed by atoms with Gasteiger partial charge in [-0.25, -0.2) is 9.48 Å². The fourth-order valence-corrected chi connectivity index (χ4v) is 1.86. The second kappa shape index (κ2) is 4.82. The maximum Gasteiger partial charge on any atom is 0.269 e. The summed E-state index contributed by atoms with van der Waals surface area (Å²) in [6.07, 6.45) is 10.8. The predicted molar refractivity (Wildman–Crippen MR) is 68.4 cm³/mol. The molecule has 0 saturated heterocycles. The van der Waals surface area contributed by atoms with E-state index in [1.165, 1.54) is 12.1 Å². The van der Waals surface area contributed by atoms with Crippen molar-refractivity contribution in [3.63, 3.8) is 0 Å². The highest BCUT2D eigenvalue weighted by atomic mass is 16.6. The molecule has 0 aliphatic carbocycles. The van der Waals surface area contributed by atoms with Crippen molar-refractivity contribution < 1.29 is 9.41 Å². The molecule has 18 heavy (non-hydrogen) atoms. The standard InChI is InChI=1S/C13H12N3O2/c1-2-8-16(9-7-14-11-16)10-12-3-5-13(6-4-12)15(17)18/h1,3-7,9,11H,8,10H2/q+1. The van der Waals surface area contributed by atoms with E-state index in [-0.39, 0.29) is 5.69 Å². The van der Waals surface area contributed by atoms with Gasteiger partial charge in [0.05, 0.1) is 11.1 Å². The van der Waals surface area contributed by atoms with E-state index < -0.39 is 4.92 Å². The fraction of sp³-hybridized carbons (Fsp3) is 0.154. The van der Waals surface area contributed by atoms with Crippen molar-refractivity contribution in [3.8, 4) is 12.3 Å². The first-order valence-corrected chi connectivity index (χ1v) is 5.40. The summed E-state index contributed by atoms with van der Waals surface area (Å²) >= 11 is 0. The van der Waals surface area contributed by atoms with Gasteiger partial charge in [0.2, 0.25) is 0 Å². The third kappa shape index (κ3) is 2.44. The topological polar surface area (TPSA) is 55.5 Å². The van der Waals surface area contributed by atoms with E-state index in [0.717, 1.165) is 5.56 Å². The van der Waals surface area contributed by atoms with Gasteiger partial charge in [0.1, 0.15) is 12.7 Å². The lowest BCUT2D eigenvalue weighted by atomic mass is 10.2. The number of rotatable bonds is 4. The van der Waals surface area contributed by atoms with Crippen LogP contribution in [0.4, 0.5) is 5.69 Å². The van der Waals surface area contributed by atoms with Gasteiger partial charge in [-0.05, 0) is 18.1 Å². The Morgan fingerprint density at radius 3 is 2.61 bits per heavy atom. The van der Waals surface area contributed by atoms with Gasteiger partial charge in [-0.2, -0.15) is 0 Å². The summed E-state index contributed by atoms with van der Waals surface area (Å²) in [4.78, 5) is 14.2. The minimum absolute atomic E-state index is 0.0906. The summed E-state index contributed by atoms with van der Waals surface area (Å²) in [6, 6.07) is 6.49. The largest absolute Gasteiger partial charge is 0.269 e. The first-order chi connectivity index (χ1) is 8.65. The second-order valence-corrected chi connectivity index (χ2v) is 4.11. The number of aliphatic imine (C=N–C) groups is 1. The van der Waals surface area contributed by atoms with Gasteiger partial charge in [-0.1, -0.05) is 0 Å². The van der Waals surface area contributed by atoms with E-state index in [0.29, 0.717) is 17.6 Å². The maximum absolute atomic E-state index is 10.6. The van der Waals surface area contributed by atoms with Gasteiger partial charge in [-0.15, -0.1) is 6.42 Å². The number of nitro benzene ring substituents is 1. The molecule has 90 valence electrons. The van der Waals surface area contributed by atoms with Crippen molar-refractivity contribution >= 4 is 12.0 Å². The summed E-state index contributed by atoms with van der Waals surface area (Å²) in [7, 11) is 0. The third-order valence-corrected chi connectivity index (χ3v) is 2.76. The Hall–Kier alpha value is -2.45. The van der Waals surface area contributed by atoms with Crippen LogP contribution in [0.1, 0.15) is 5.56 Å². The number of hydrogen-bond donors (Lipinski definition) is 0.